The van der Waals surface area contributed by atoms with E-state index in [0.29, 0.717) is 12.0 Å². The molecule has 6 nitrogen and oxygen atoms in total. The Morgan fingerprint density at radius 3 is 2.67 bits per heavy atom. The molecule has 0 radical (unpaired) electrons. The van der Waals surface area contributed by atoms with E-state index < -0.39 is 6.04 Å². The SMILES string of the molecule is CCc1c[nH]c(NC(CO)CO)nc1=O. The van der Waals surface area contributed by atoms with E-state index >= 15 is 0 Å². The molecule has 0 fully saturated rings. The second-order valence-electron chi connectivity index (χ2n) is 3.14. The molecular formula is C9H15N3O3. The van der Waals surface area contributed by atoms with Gasteiger partial charge in [0.05, 0.1) is 19.3 Å². The lowest BCUT2D eigenvalue weighted by Crippen LogP contribution is -2.30. The summed E-state index contributed by atoms with van der Waals surface area (Å²) in [4.78, 5) is 17.9. The average Bonchev–Trinajstić information content (AvgIpc) is 2.26. The van der Waals surface area contributed by atoms with Gasteiger partial charge in [-0.1, -0.05) is 6.92 Å². The number of H-pyrrole nitrogens is 1. The smallest absolute Gasteiger partial charge is 0.277 e. The summed E-state index contributed by atoms with van der Waals surface area (Å²) in [6.07, 6.45) is 2.19. The Bertz CT molecular complexity index is 360. The first-order chi connectivity index (χ1) is 7.21. The van der Waals surface area contributed by atoms with Crippen LogP contribution in [0.1, 0.15) is 12.5 Å². The van der Waals surface area contributed by atoms with E-state index in [9.17, 15) is 4.79 Å². The Balaban J connectivity index is 2.79. The van der Waals surface area contributed by atoms with Gasteiger partial charge in [-0.2, -0.15) is 4.98 Å². The molecule has 0 unspecified atom stereocenters. The van der Waals surface area contributed by atoms with Gasteiger partial charge in [-0.15, -0.1) is 0 Å². The molecule has 15 heavy (non-hydrogen) atoms. The standard InChI is InChI=1S/C9H15N3O3/c1-2-6-3-10-9(12-8(6)15)11-7(4-13)5-14/h3,7,13-14H,2,4-5H2,1H3,(H2,10,11,12,15). The highest BCUT2D eigenvalue weighted by molar-refractivity contribution is 5.26. The topological polar surface area (TPSA) is 98.2 Å². The van der Waals surface area contributed by atoms with Crippen molar-refractivity contribution >= 4 is 5.95 Å². The Hall–Kier alpha value is -1.40. The van der Waals surface area contributed by atoms with Crippen LogP contribution in [0.15, 0.2) is 11.0 Å². The molecule has 0 aliphatic rings. The third-order valence-corrected chi connectivity index (χ3v) is 2.03. The third-order valence-electron chi connectivity index (χ3n) is 2.03. The highest BCUT2D eigenvalue weighted by Crippen LogP contribution is 1.98. The number of nitrogens with zero attached hydrogens (tertiary/aromatic N) is 1. The van der Waals surface area contributed by atoms with Gasteiger partial charge in [-0.25, -0.2) is 0 Å². The first-order valence-electron chi connectivity index (χ1n) is 4.78. The zero-order chi connectivity index (χ0) is 11.3. The van der Waals surface area contributed by atoms with Crippen LogP contribution in [0.25, 0.3) is 0 Å². The van der Waals surface area contributed by atoms with Crippen LogP contribution in [0.2, 0.25) is 0 Å². The molecule has 0 saturated heterocycles. The average molecular weight is 213 g/mol. The van der Waals surface area contributed by atoms with Crippen LogP contribution in [0.5, 0.6) is 0 Å². The van der Waals surface area contributed by atoms with Crippen molar-refractivity contribution < 1.29 is 10.2 Å². The van der Waals surface area contributed by atoms with Gasteiger partial charge in [0.15, 0.2) is 0 Å². The summed E-state index contributed by atoms with van der Waals surface area (Å²) in [5.41, 5.74) is 0.304. The maximum Gasteiger partial charge on any atom is 0.277 e. The van der Waals surface area contributed by atoms with Gasteiger partial charge in [0.25, 0.3) is 5.56 Å². The van der Waals surface area contributed by atoms with E-state index in [1.807, 2.05) is 6.92 Å². The fourth-order valence-corrected chi connectivity index (χ4v) is 1.09. The molecular weight excluding hydrogens is 198 g/mol. The number of hydrogen-bond acceptors (Lipinski definition) is 5. The number of aliphatic hydroxyl groups is 2. The quantitative estimate of drug-likeness (QED) is 0.508. The number of anilines is 1. The van der Waals surface area contributed by atoms with Gasteiger partial charge in [0.2, 0.25) is 5.95 Å². The summed E-state index contributed by atoms with van der Waals surface area (Å²) in [6.45, 7) is 1.41. The molecule has 1 heterocycles. The molecule has 0 atom stereocenters. The van der Waals surface area contributed by atoms with Gasteiger partial charge in [-0.3, -0.25) is 4.79 Å². The maximum atomic E-state index is 11.3. The van der Waals surface area contributed by atoms with E-state index in [1.54, 1.807) is 6.20 Å². The van der Waals surface area contributed by atoms with Crippen LogP contribution < -0.4 is 10.9 Å². The fraction of sp³-hybridized carbons (Fsp3) is 0.556. The van der Waals surface area contributed by atoms with Gasteiger partial charge < -0.3 is 20.5 Å². The minimum Gasteiger partial charge on any atom is -0.394 e. The molecule has 0 aliphatic carbocycles. The molecule has 0 amide bonds. The molecule has 0 saturated carbocycles. The number of aliphatic hydroxyl groups excluding tert-OH is 2. The molecule has 0 bridgehead atoms. The first-order valence-corrected chi connectivity index (χ1v) is 4.78. The second-order valence-corrected chi connectivity index (χ2v) is 3.14. The molecule has 1 aromatic heterocycles. The van der Waals surface area contributed by atoms with Crippen molar-refractivity contribution in [2.75, 3.05) is 18.5 Å². The number of hydrogen-bond donors (Lipinski definition) is 4. The zero-order valence-electron chi connectivity index (χ0n) is 8.53. The number of aromatic amines is 1. The Morgan fingerprint density at radius 1 is 1.53 bits per heavy atom. The van der Waals surface area contributed by atoms with Crippen molar-refractivity contribution in [1.29, 1.82) is 0 Å². The molecule has 84 valence electrons. The summed E-state index contributed by atoms with van der Waals surface area (Å²) in [5.74, 6) is 0.255. The lowest BCUT2D eigenvalue weighted by Gasteiger charge is -2.13. The number of rotatable bonds is 5. The van der Waals surface area contributed by atoms with Crippen LogP contribution in [0, 0.1) is 0 Å². The molecule has 0 aliphatic heterocycles. The van der Waals surface area contributed by atoms with Crippen LogP contribution in [0.3, 0.4) is 0 Å². The summed E-state index contributed by atoms with van der Waals surface area (Å²) in [6, 6.07) is -0.513. The zero-order valence-corrected chi connectivity index (χ0v) is 8.53. The number of nitrogens with one attached hydrogen (secondary N) is 2. The maximum absolute atomic E-state index is 11.3. The van der Waals surface area contributed by atoms with Crippen molar-refractivity contribution in [2.24, 2.45) is 0 Å². The van der Waals surface area contributed by atoms with Crippen molar-refractivity contribution in [3.63, 3.8) is 0 Å². The van der Waals surface area contributed by atoms with Crippen LogP contribution in [-0.2, 0) is 6.42 Å². The predicted molar refractivity (Wildman–Crippen MR) is 55.8 cm³/mol. The van der Waals surface area contributed by atoms with E-state index in [1.165, 1.54) is 0 Å². The van der Waals surface area contributed by atoms with Gasteiger partial charge in [0.1, 0.15) is 0 Å². The van der Waals surface area contributed by atoms with E-state index in [2.05, 4.69) is 15.3 Å². The number of aryl methyl sites for hydroxylation is 1. The van der Waals surface area contributed by atoms with E-state index in [4.69, 9.17) is 10.2 Å². The van der Waals surface area contributed by atoms with Crippen LogP contribution in [0.4, 0.5) is 5.95 Å². The summed E-state index contributed by atoms with van der Waals surface area (Å²) in [7, 11) is 0. The van der Waals surface area contributed by atoms with Crippen molar-refractivity contribution in [2.45, 2.75) is 19.4 Å². The van der Waals surface area contributed by atoms with Gasteiger partial charge >= 0.3 is 0 Å². The highest BCUT2D eigenvalue weighted by atomic mass is 16.3. The molecule has 0 spiro atoms. The Kier molecular flexibility index (Phi) is 4.26. The molecule has 1 rings (SSSR count). The van der Waals surface area contributed by atoms with Gasteiger partial charge in [0, 0.05) is 11.8 Å². The second kappa shape index (κ2) is 5.47. The summed E-state index contributed by atoms with van der Waals surface area (Å²) < 4.78 is 0. The summed E-state index contributed by atoms with van der Waals surface area (Å²) in [5, 5.41) is 20.3. The highest BCUT2D eigenvalue weighted by Gasteiger charge is 2.07. The lowest BCUT2D eigenvalue weighted by molar-refractivity contribution is 0.203. The summed E-state index contributed by atoms with van der Waals surface area (Å²) >= 11 is 0. The Morgan fingerprint density at radius 2 is 2.20 bits per heavy atom. The monoisotopic (exact) mass is 213 g/mol. The van der Waals surface area contributed by atoms with Crippen molar-refractivity contribution in [1.82, 2.24) is 9.97 Å². The van der Waals surface area contributed by atoms with Crippen LogP contribution >= 0.6 is 0 Å². The van der Waals surface area contributed by atoms with E-state index in [-0.39, 0.29) is 24.7 Å². The predicted octanol–water partition coefficient (Wildman–Crippen LogP) is -0.903. The minimum absolute atomic E-state index is 0.226. The first kappa shape index (κ1) is 11.7. The lowest BCUT2D eigenvalue weighted by atomic mass is 10.3. The molecule has 1 aromatic rings. The van der Waals surface area contributed by atoms with Crippen LogP contribution in [-0.4, -0.2) is 39.4 Å². The van der Waals surface area contributed by atoms with Crippen molar-refractivity contribution in [3.8, 4) is 0 Å². The minimum atomic E-state index is -0.513. The number of aromatic nitrogens is 2. The van der Waals surface area contributed by atoms with Gasteiger partial charge in [-0.05, 0) is 6.42 Å². The van der Waals surface area contributed by atoms with Crippen molar-refractivity contribution in [3.05, 3.63) is 22.1 Å². The third kappa shape index (κ3) is 3.03. The Labute approximate surface area is 87.0 Å². The normalized spacial score (nSPS) is 10.7. The molecule has 6 heteroatoms. The molecule has 4 N–H and O–H groups in total. The molecule has 0 aromatic carbocycles. The fourth-order valence-electron chi connectivity index (χ4n) is 1.09. The largest absolute Gasteiger partial charge is 0.394 e. The van der Waals surface area contributed by atoms with E-state index in [0.717, 1.165) is 0 Å².